The van der Waals surface area contributed by atoms with E-state index in [0.29, 0.717) is 28.3 Å². The van der Waals surface area contributed by atoms with Gasteiger partial charge in [-0.15, -0.1) is 11.3 Å². The number of esters is 1. The maximum atomic E-state index is 12.1. The van der Waals surface area contributed by atoms with E-state index < -0.39 is 5.97 Å². The summed E-state index contributed by atoms with van der Waals surface area (Å²) in [6.07, 6.45) is 0. The summed E-state index contributed by atoms with van der Waals surface area (Å²) in [6, 6.07) is 13.9. The van der Waals surface area contributed by atoms with Crippen LogP contribution in [0.4, 0.5) is 0 Å². The smallest absolute Gasteiger partial charge is 0.338 e. The lowest BCUT2D eigenvalue weighted by atomic mass is 10.1. The van der Waals surface area contributed by atoms with E-state index in [0.717, 1.165) is 10.6 Å². The van der Waals surface area contributed by atoms with Gasteiger partial charge in [-0.3, -0.25) is 0 Å². The zero-order valence-corrected chi connectivity index (χ0v) is 15.6. The van der Waals surface area contributed by atoms with Crippen molar-refractivity contribution in [1.29, 1.82) is 5.26 Å². The highest BCUT2D eigenvalue weighted by atomic mass is 32.1. The summed E-state index contributed by atoms with van der Waals surface area (Å²) in [5.74, 6) is 0.813. The second-order valence-electron chi connectivity index (χ2n) is 5.48. The van der Waals surface area contributed by atoms with E-state index in [1.807, 2.05) is 29.6 Å². The molecule has 1 heterocycles. The van der Waals surface area contributed by atoms with Crippen LogP contribution in [-0.2, 0) is 11.3 Å². The molecule has 0 atom stereocenters. The molecular weight excluding hydrogens is 364 g/mol. The number of benzene rings is 2. The largest absolute Gasteiger partial charge is 0.493 e. The number of carbonyl (C=O) groups is 1. The molecule has 136 valence electrons. The van der Waals surface area contributed by atoms with E-state index in [-0.39, 0.29) is 6.61 Å². The van der Waals surface area contributed by atoms with Crippen LogP contribution in [0.1, 0.15) is 21.6 Å². The van der Waals surface area contributed by atoms with Crippen LogP contribution >= 0.6 is 11.3 Å². The van der Waals surface area contributed by atoms with Gasteiger partial charge in [-0.1, -0.05) is 0 Å². The number of hydrogen-bond acceptors (Lipinski definition) is 7. The number of methoxy groups -OCH3 is 2. The van der Waals surface area contributed by atoms with Crippen molar-refractivity contribution in [1.82, 2.24) is 4.98 Å². The Hall–Kier alpha value is -3.37. The number of ether oxygens (including phenoxy) is 3. The molecule has 27 heavy (non-hydrogen) atoms. The van der Waals surface area contributed by atoms with Crippen LogP contribution in [0.15, 0.2) is 47.8 Å². The van der Waals surface area contributed by atoms with Crippen molar-refractivity contribution >= 4 is 17.3 Å². The standard InChI is InChI=1S/C20H16N2O4S/c1-24-17-8-7-15(9-18(17)25-2)19-22-16(12-27-19)11-26-20(23)14-5-3-13(10-21)4-6-14/h3-9,12H,11H2,1-2H3. The topological polar surface area (TPSA) is 81.4 Å². The molecule has 0 N–H and O–H groups in total. The van der Waals surface area contributed by atoms with Crippen LogP contribution in [0, 0.1) is 11.3 Å². The van der Waals surface area contributed by atoms with Crippen LogP contribution in [0.25, 0.3) is 10.6 Å². The summed E-state index contributed by atoms with van der Waals surface area (Å²) in [5.41, 5.74) is 2.43. The molecule has 0 aliphatic heterocycles. The highest BCUT2D eigenvalue weighted by Crippen LogP contribution is 2.33. The van der Waals surface area contributed by atoms with Gasteiger partial charge in [0.05, 0.1) is 37.1 Å². The number of aromatic nitrogens is 1. The zero-order valence-electron chi connectivity index (χ0n) is 14.8. The molecule has 0 amide bonds. The Morgan fingerprint density at radius 1 is 1.11 bits per heavy atom. The van der Waals surface area contributed by atoms with Gasteiger partial charge in [-0.25, -0.2) is 9.78 Å². The molecule has 3 rings (SSSR count). The number of nitrogens with zero attached hydrogens (tertiary/aromatic N) is 2. The van der Waals surface area contributed by atoms with E-state index in [9.17, 15) is 4.79 Å². The number of nitriles is 1. The Kier molecular flexibility index (Phi) is 5.69. The first-order valence-corrected chi connectivity index (χ1v) is 8.86. The molecule has 3 aromatic rings. The van der Waals surface area contributed by atoms with Gasteiger partial charge in [0.2, 0.25) is 0 Å². The fraction of sp³-hybridized carbons (Fsp3) is 0.150. The Morgan fingerprint density at radius 3 is 2.52 bits per heavy atom. The molecule has 0 fully saturated rings. The Balaban J connectivity index is 1.67. The first kappa shape index (κ1) is 18.4. The third-order valence-corrected chi connectivity index (χ3v) is 4.72. The Labute approximate surface area is 160 Å². The minimum absolute atomic E-state index is 0.0720. The third-order valence-electron chi connectivity index (χ3n) is 3.78. The highest BCUT2D eigenvalue weighted by Gasteiger charge is 2.12. The van der Waals surface area contributed by atoms with E-state index in [4.69, 9.17) is 19.5 Å². The SMILES string of the molecule is COc1ccc(-c2nc(COC(=O)c3ccc(C#N)cc3)cs2)cc1OC. The van der Waals surface area contributed by atoms with Crippen molar-refractivity contribution < 1.29 is 19.0 Å². The van der Waals surface area contributed by atoms with Gasteiger partial charge in [-0.2, -0.15) is 5.26 Å². The van der Waals surface area contributed by atoms with Crippen molar-refractivity contribution in [2.75, 3.05) is 14.2 Å². The van der Waals surface area contributed by atoms with Crippen LogP contribution in [0.2, 0.25) is 0 Å². The fourth-order valence-electron chi connectivity index (χ4n) is 2.38. The number of rotatable bonds is 6. The highest BCUT2D eigenvalue weighted by molar-refractivity contribution is 7.13. The second-order valence-corrected chi connectivity index (χ2v) is 6.34. The monoisotopic (exact) mass is 380 g/mol. The molecule has 0 spiro atoms. The van der Waals surface area contributed by atoms with E-state index in [1.165, 1.54) is 11.3 Å². The molecule has 0 bridgehead atoms. The Morgan fingerprint density at radius 2 is 1.85 bits per heavy atom. The van der Waals surface area contributed by atoms with Gasteiger partial charge in [0, 0.05) is 10.9 Å². The van der Waals surface area contributed by atoms with Gasteiger partial charge in [0.25, 0.3) is 0 Å². The minimum atomic E-state index is -0.458. The molecular formula is C20H16N2O4S. The van der Waals surface area contributed by atoms with Gasteiger partial charge in [0.15, 0.2) is 11.5 Å². The molecule has 0 radical (unpaired) electrons. The van der Waals surface area contributed by atoms with Crippen molar-refractivity contribution in [3.05, 3.63) is 64.7 Å². The molecule has 0 saturated carbocycles. The maximum Gasteiger partial charge on any atom is 0.338 e. The second kappa shape index (κ2) is 8.34. The minimum Gasteiger partial charge on any atom is -0.493 e. The molecule has 6 nitrogen and oxygen atoms in total. The van der Waals surface area contributed by atoms with Crippen molar-refractivity contribution in [2.45, 2.75) is 6.61 Å². The van der Waals surface area contributed by atoms with E-state index in [2.05, 4.69) is 4.98 Å². The van der Waals surface area contributed by atoms with Gasteiger partial charge in [0.1, 0.15) is 11.6 Å². The van der Waals surface area contributed by atoms with Crippen molar-refractivity contribution in [3.63, 3.8) is 0 Å². The molecule has 2 aromatic carbocycles. The van der Waals surface area contributed by atoms with E-state index in [1.54, 1.807) is 38.5 Å². The number of thiazole rings is 1. The normalized spacial score (nSPS) is 10.1. The molecule has 0 unspecified atom stereocenters. The fourth-order valence-corrected chi connectivity index (χ4v) is 3.18. The van der Waals surface area contributed by atoms with E-state index >= 15 is 0 Å². The summed E-state index contributed by atoms with van der Waals surface area (Å²) in [6.45, 7) is 0.0720. The maximum absolute atomic E-state index is 12.1. The van der Waals surface area contributed by atoms with Crippen LogP contribution in [0.3, 0.4) is 0 Å². The Bertz CT molecular complexity index is 990. The molecule has 0 aliphatic carbocycles. The van der Waals surface area contributed by atoms with Crippen LogP contribution < -0.4 is 9.47 Å². The molecule has 0 saturated heterocycles. The van der Waals surface area contributed by atoms with Crippen molar-refractivity contribution in [2.24, 2.45) is 0 Å². The van der Waals surface area contributed by atoms with Gasteiger partial charge in [-0.05, 0) is 42.5 Å². The molecule has 0 aliphatic rings. The third kappa shape index (κ3) is 4.25. The number of hydrogen-bond donors (Lipinski definition) is 0. The average Bonchev–Trinajstić information content (AvgIpc) is 3.20. The summed E-state index contributed by atoms with van der Waals surface area (Å²) in [7, 11) is 3.17. The van der Waals surface area contributed by atoms with Crippen LogP contribution in [-0.4, -0.2) is 25.2 Å². The molecule has 7 heteroatoms. The summed E-state index contributed by atoms with van der Waals surface area (Å²) in [5, 5.41) is 11.4. The number of carbonyl (C=O) groups excluding carboxylic acids is 1. The predicted octanol–water partition coefficient (Wildman–Crippen LogP) is 4.06. The zero-order chi connectivity index (χ0) is 19.2. The molecule has 1 aromatic heterocycles. The van der Waals surface area contributed by atoms with Crippen molar-refractivity contribution in [3.8, 4) is 28.1 Å². The lowest BCUT2D eigenvalue weighted by molar-refractivity contribution is 0.0468. The van der Waals surface area contributed by atoms with Crippen LogP contribution in [0.5, 0.6) is 11.5 Å². The summed E-state index contributed by atoms with van der Waals surface area (Å²) in [4.78, 5) is 16.6. The summed E-state index contributed by atoms with van der Waals surface area (Å²) >= 11 is 1.45. The lowest BCUT2D eigenvalue weighted by Gasteiger charge is -2.08. The predicted molar refractivity (Wildman–Crippen MR) is 101 cm³/mol. The quantitative estimate of drug-likeness (QED) is 0.600. The summed E-state index contributed by atoms with van der Waals surface area (Å²) < 4.78 is 15.8. The lowest BCUT2D eigenvalue weighted by Crippen LogP contribution is -2.05. The van der Waals surface area contributed by atoms with Gasteiger partial charge < -0.3 is 14.2 Å². The van der Waals surface area contributed by atoms with Gasteiger partial charge >= 0.3 is 5.97 Å². The average molecular weight is 380 g/mol. The first-order chi connectivity index (χ1) is 13.1. The first-order valence-electron chi connectivity index (χ1n) is 7.98.